The predicted octanol–water partition coefficient (Wildman–Crippen LogP) is 2.54. The van der Waals surface area contributed by atoms with Crippen LogP contribution in [0.4, 0.5) is 0 Å². The largest absolute Gasteiger partial charge is 0.462 e. The van der Waals surface area contributed by atoms with E-state index in [2.05, 4.69) is 0 Å². The van der Waals surface area contributed by atoms with Crippen molar-refractivity contribution in [2.75, 3.05) is 0 Å². The second kappa shape index (κ2) is 7.69. The van der Waals surface area contributed by atoms with Crippen LogP contribution in [0.5, 0.6) is 0 Å². The van der Waals surface area contributed by atoms with E-state index >= 15 is 0 Å². The summed E-state index contributed by atoms with van der Waals surface area (Å²) >= 11 is 0. The minimum absolute atomic E-state index is 0.193. The van der Waals surface area contributed by atoms with Gasteiger partial charge in [-0.25, -0.2) is 4.79 Å². The van der Waals surface area contributed by atoms with Gasteiger partial charge in [0.1, 0.15) is 12.2 Å². The number of hydrogen-bond donors (Lipinski definition) is 0. The molecule has 18 heavy (non-hydrogen) atoms. The fourth-order valence-electron chi connectivity index (χ4n) is 1.85. The first-order valence-corrected chi connectivity index (χ1v) is 6.31. The number of rotatable bonds is 6. The molecule has 0 aliphatic carbocycles. The average molecular weight is 252 g/mol. The number of ether oxygens (including phenoxy) is 2. The Morgan fingerprint density at radius 3 is 3.00 bits per heavy atom. The summed E-state index contributed by atoms with van der Waals surface area (Å²) in [6.45, 7) is 3.44. The van der Waals surface area contributed by atoms with Crippen LogP contribution >= 0.6 is 0 Å². The molecule has 1 aliphatic rings. The number of carbonyl (C=O) groups is 2. The first-order valence-electron chi connectivity index (χ1n) is 6.31. The SMILES string of the molecule is CC/C=C/C[C@H](C[C@H]1CC=CC(=O)O1)OC(C)=O. The van der Waals surface area contributed by atoms with Gasteiger partial charge in [0.25, 0.3) is 0 Å². The van der Waals surface area contributed by atoms with E-state index in [1.54, 1.807) is 6.08 Å². The van der Waals surface area contributed by atoms with Crippen LogP contribution in [0.25, 0.3) is 0 Å². The Kier molecular flexibility index (Phi) is 6.19. The average Bonchev–Trinajstić information content (AvgIpc) is 2.28. The maximum Gasteiger partial charge on any atom is 0.330 e. The summed E-state index contributed by atoms with van der Waals surface area (Å²) < 4.78 is 10.4. The third kappa shape index (κ3) is 5.66. The molecule has 1 aliphatic heterocycles. The summed E-state index contributed by atoms with van der Waals surface area (Å²) in [5.74, 6) is -0.625. The highest BCUT2D eigenvalue weighted by Crippen LogP contribution is 2.17. The summed E-state index contributed by atoms with van der Waals surface area (Å²) in [4.78, 5) is 22.1. The molecule has 0 amide bonds. The highest BCUT2D eigenvalue weighted by Gasteiger charge is 2.22. The van der Waals surface area contributed by atoms with Crippen molar-refractivity contribution in [3.8, 4) is 0 Å². The predicted molar refractivity (Wildman–Crippen MR) is 67.9 cm³/mol. The van der Waals surface area contributed by atoms with Gasteiger partial charge in [-0.3, -0.25) is 4.79 Å². The van der Waals surface area contributed by atoms with Gasteiger partial charge in [-0.05, 0) is 6.42 Å². The number of esters is 2. The number of allylic oxidation sites excluding steroid dienone is 1. The Hall–Kier alpha value is -1.58. The van der Waals surface area contributed by atoms with Crippen molar-refractivity contribution in [3.63, 3.8) is 0 Å². The smallest absolute Gasteiger partial charge is 0.330 e. The van der Waals surface area contributed by atoms with E-state index in [0.29, 0.717) is 19.3 Å². The summed E-state index contributed by atoms with van der Waals surface area (Å²) in [7, 11) is 0. The summed E-state index contributed by atoms with van der Waals surface area (Å²) in [6.07, 6.45) is 9.66. The summed E-state index contributed by atoms with van der Waals surface area (Å²) in [5.41, 5.74) is 0. The minimum Gasteiger partial charge on any atom is -0.462 e. The molecule has 0 N–H and O–H groups in total. The molecule has 100 valence electrons. The zero-order valence-corrected chi connectivity index (χ0v) is 10.9. The molecular formula is C14H20O4. The first-order chi connectivity index (χ1) is 8.61. The van der Waals surface area contributed by atoms with Gasteiger partial charge >= 0.3 is 11.9 Å². The second-order valence-electron chi connectivity index (χ2n) is 4.28. The van der Waals surface area contributed by atoms with E-state index in [9.17, 15) is 9.59 Å². The van der Waals surface area contributed by atoms with E-state index in [0.717, 1.165) is 6.42 Å². The monoisotopic (exact) mass is 252 g/mol. The zero-order chi connectivity index (χ0) is 13.4. The molecule has 0 aromatic heterocycles. The normalized spacial score (nSPS) is 20.8. The van der Waals surface area contributed by atoms with Crippen LogP contribution in [0.15, 0.2) is 24.3 Å². The molecule has 4 nitrogen and oxygen atoms in total. The van der Waals surface area contributed by atoms with Crippen LogP contribution in [0, 0.1) is 0 Å². The van der Waals surface area contributed by atoms with Gasteiger partial charge in [-0.1, -0.05) is 25.2 Å². The number of cyclic esters (lactones) is 1. The van der Waals surface area contributed by atoms with Crippen molar-refractivity contribution < 1.29 is 19.1 Å². The van der Waals surface area contributed by atoms with E-state index < -0.39 is 0 Å². The first kappa shape index (κ1) is 14.5. The molecule has 4 heteroatoms. The van der Waals surface area contributed by atoms with E-state index in [-0.39, 0.29) is 24.1 Å². The van der Waals surface area contributed by atoms with Crippen molar-refractivity contribution in [2.45, 2.75) is 51.7 Å². The molecule has 2 atom stereocenters. The summed E-state index contributed by atoms with van der Waals surface area (Å²) in [5, 5.41) is 0. The summed E-state index contributed by atoms with van der Waals surface area (Å²) in [6, 6.07) is 0. The fraction of sp³-hybridized carbons (Fsp3) is 0.571. The lowest BCUT2D eigenvalue weighted by Crippen LogP contribution is -2.27. The molecule has 0 spiro atoms. The van der Waals surface area contributed by atoms with Gasteiger partial charge in [0, 0.05) is 32.3 Å². The van der Waals surface area contributed by atoms with E-state index in [1.807, 2.05) is 19.1 Å². The zero-order valence-electron chi connectivity index (χ0n) is 10.9. The van der Waals surface area contributed by atoms with Gasteiger partial charge in [0.2, 0.25) is 0 Å². The molecule has 0 fully saturated rings. The topological polar surface area (TPSA) is 52.6 Å². The molecule has 1 rings (SSSR count). The van der Waals surface area contributed by atoms with Crippen molar-refractivity contribution >= 4 is 11.9 Å². The molecule has 0 saturated heterocycles. The Morgan fingerprint density at radius 1 is 1.61 bits per heavy atom. The number of carbonyl (C=O) groups excluding carboxylic acids is 2. The molecule has 0 aromatic rings. The van der Waals surface area contributed by atoms with Gasteiger partial charge in [0.05, 0.1) is 0 Å². The fourth-order valence-corrected chi connectivity index (χ4v) is 1.85. The lowest BCUT2D eigenvalue weighted by atomic mass is 10.0. The lowest BCUT2D eigenvalue weighted by molar-refractivity contribution is -0.151. The molecule has 0 bridgehead atoms. The second-order valence-corrected chi connectivity index (χ2v) is 4.28. The Labute approximate surface area is 108 Å². The highest BCUT2D eigenvalue weighted by molar-refractivity contribution is 5.82. The van der Waals surface area contributed by atoms with Crippen molar-refractivity contribution in [3.05, 3.63) is 24.3 Å². The molecule has 1 heterocycles. The molecule has 0 saturated carbocycles. The van der Waals surface area contributed by atoms with Crippen LogP contribution < -0.4 is 0 Å². The standard InChI is InChI=1S/C14H20O4/c1-3-4-5-7-12(17-11(2)15)10-13-8-6-9-14(16)18-13/h4-6,9,12-13H,3,7-8,10H2,1-2H3/b5-4+/t12-,13-/m1/s1. The van der Waals surface area contributed by atoms with Gasteiger partial charge < -0.3 is 9.47 Å². The van der Waals surface area contributed by atoms with Gasteiger partial charge in [-0.2, -0.15) is 0 Å². The van der Waals surface area contributed by atoms with Crippen LogP contribution in [0.2, 0.25) is 0 Å². The Bertz CT molecular complexity index is 344. The van der Waals surface area contributed by atoms with E-state index in [4.69, 9.17) is 9.47 Å². The lowest BCUT2D eigenvalue weighted by Gasteiger charge is -2.23. The molecular weight excluding hydrogens is 232 g/mol. The number of hydrogen-bond acceptors (Lipinski definition) is 4. The molecule has 0 aromatic carbocycles. The third-order valence-corrected chi connectivity index (χ3v) is 2.60. The maximum atomic E-state index is 11.1. The highest BCUT2D eigenvalue weighted by atomic mass is 16.6. The van der Waals surface area contributed by atoms with Crippen molar-refractivity contribution in [1.82, 2.24) is 0 Å². The minimum atomic E-state index is -0.322. The van der Waals surface area contributed by atoms with Crippen molar-refractivity contribution in [1.29, 1.82) is 0 Å². The van der Waals surface area contributed by atoms with Crippen LogP contribution in [0.3, 0.4) is 0 Å². The van der Waals surface area contributed by atoms with Crippen LogP contribution in [-0.4, -0.2) is 24.1 Å². The Balaban J connectivity index is 2.49. The van der Waals surface area contributed by atoms with Crippen LogP contribution in [0.1, 0.15) is 39.5 Å². The van der Waals surface area contributed by atoms with Crippen molar-refractivity contribution in [2.24, 2.45) is 0 Å². The van der Waals surface area contributed by atoms with Crippen LogP contribution in [-0.2, 0) is 19.1 Å². The molecule has 0 unspecified atom stereocenters. The molecule has 0 radical (unpaired) electrons. The quantitative estimate of drug-likeness (QED) is 0.538. The van der Waals surface area contributed by atoms with E-state index in [1.165, 1.54) is 13.0 Å². The maximum absolute atomic E-state index is 11.1. The van der Waals surface area contributed by atoms with Gasteiger partial charge in [-0.15, -0.1) is 0 Å². The Morgan fingerprint density at radius 2 is 2.39 bits per heavy atom. The third-order valence-electron chi connectivity index (χ3n) is 2.60. The van der Waals surface area contributed by atoms with Gasteiger partial charge in [0.15, 0.2) is 0 Å².